The molecule has 2 heterocycles. The van der Waals surface area contributed by atoms with Crippen LogP contribution < -0.4 is 30.0 Å². The summed E-state index contributed by atoms with van der Waals surface area (Å²) in [6.45, 7) is 7.46. The molecule has 0 radical (unpaired) electrons. The highest BCUT2D eigenvalue weighted by molar-refractivity contribution is 6.68. The van der Waals surface area contributed by atoms with E-state index < -0.39 is 127 Å². The largest absolute Gasteiger partial charge is 0.573 e. The van der Waals surface area contributed by atoms with Crippen molar-refractivity contribution in [2.45, 2.75) is 74.0 Å². The molecule has 4 aromatic carbocycles. The van der Waals surface area contributed by atoms with Crippen molar-refractivity contribution in [1.82, 2.24) is 9.97 Å². The van der Waals surface area contributed by atoms with E-state index in [4.69, 9.17) is 26.8 Å². The molecule has 0 fully saturated rings. The molecule has 3 N–H and O–H groups in total. The number of alkyl halides is 12. The normalized spacial score (nSPS) is 11.3. The zero-order chi connectivity index (χ0) is 59.9. The molecular formula is C51H43ClF14N4O10. The Kier molecular flexibility index (Phi) is 21.4. The van der Waals surface area contributed by atoms with E-state index in [2.05, 4.69) is 34.2 Å². The summed E-state index contributed by atoms with van der Waals surface area (Å²) in [5.74, 6) is -9.08. The Balaban J connectivity index is 0.000000356. The summed E-state index contributed by atoms with van der Waals surface area (Å²) in [5, 5.41) is 1.14. The Morgan fingerprint density at radius 3 is 1.26 bits per heavy atom. The first-order valence-corrected chi connectivity index (χ1v) is 22.0. The number of carbonyl (C=O) groups is 4. The number of halogens is 15. The molecule has 0 aliphatic carbocycles. The fourth-order valence-electron chi connectivity index (χ4n) is 6.65. The molecule has 29 heteroatoms. The predicted octanol–water partition coefficient (Wildman–Crippen LogP) is 14.8. The lowest BCUT2D eigenvalue weighted by Gasteiger charge is -2.20. The number of pyridine rings is 2. The number of aromatic nitrogens is 2. The summed E-state index contributed by atoms with van der Waals surface area (Å²) in [6, 6.07) is 8.63. The van der Waals surface area contributed by atoms with E-state index in [1.165, 1.54) is 26.3 Å². The number of methoxy groups -OCH3 is 2. The van der Waals surface area contributed by atoms with Gasteiger partial charge < -0.3 is 39.5 Å². The number of esters is 2. The molecular weight excluding hydrogens is 1130 g/mol. The lowest BCUT2D eigenvalue weighted by atomic mass is 9.99. The van der Waals surface area contributed by atoms with Gasteiger partial charge in [0, 0.05) is 34.9 Å². The molecule has 0 aliphatic rings. The molecule has 0 spiro atoms. The van der Waals surface area contributed by atoms with Crippen LogP contribution in [0.5, 0.6) is 34.5 Å². The average Bonchev–Trinajstić information content (AvgIpc) is 3.33. The third-order valence-electron chi connectivity index (χ3n) is 10.7. The summed E-state index contributed by atoms with van der Waals surface area (Å²) in [5.41, 5.74) is 1.93. The van der Waals surface area contributed by atoms with Crippen molar-refractivity contribution in [3.63, 3.8) is 0 Å². The van der Waals surface area contributed by atoms with E-state index in [-0.39, 0.29) is 36.0 Å². The van der Waals surface area contributed by atoms with Crippen LogP contribution in [0.3, 0.4) is 0 Å². The number of benzene rings is 4. The quantitative estimate of drug-likeness (QED) is 0.0709. The highest BCUT2D eigenvalue weighted by Crippen LogP contribution is 2.42. The molecule has 0 saturated heterocycles. The molecule has 0 bridgehead atoms. The van der Waals surface area contributed by atoms with Crippen LogP contribution in [-0.2, 0) is 21.8 Å². The van der Waals surface area contributed by atoms with Crippen molar-refractivity contribution in [1.29, 1.82) is 0 Å². The second-order valence-electron chi connectivity index (χ2n) is 16.0. The van der Waals surface area contributed by atoms with E-state index in [1.54, 1.807) is 6.20 Å². The molecule has 0 aliphatic heterocycles. The number of hydrogen-bond acceptors (Lipinski definition) is 13. The van der Waals surface area contributed by atoms with E-state index in [0.717, 1.165) is 70.7 Å². The van der Waals surface area contributed by atoms with Gasteiger partial charge in [0.2, 0.25) is 0 Å². The lowest BCUT2D eigenvalue weighted by molar-refractivity contribution is -0.276. The third kappa shape index (κ3) is 16.8. The van der Waals surface area contributed by atoms with Crippen LogP contribution in [-0.4, -0.2) is 60.0 Å². The number of nitrogens with zero attached hydrogens (tertiary/aromatic N) is 2. The van der Waals surface area contributed by atoms with Crippen LogP contribution in [0.25, 0.3) is 0 Å². The van der Waals surface area contributed by atoms with Crippen molar-refractivity contribution in [2.75, 3.05) is 25.3 Å². The highest BCUT2D eigenvalue weighted by Gasteiger charge is 2.38. The maximum absolute atomic E-state index is 14.5. The fourth-order valence-corrected chi connectivity index (χ4v) is 6.88. The Hall–Kier alpha value is -8.43. The summed E-state index contributed by atoms with van der Waals surface area (Å²) >= 11 is 5.37. The van der Waals surface area contributed by atoms with E-state index >= 15 is 0 Å². The van der Waals surface area contributed by atoms with Crippen molar-refractivity contribution in [2.24, 2.45) is 0 Å². The summed E-state index contributed by atoms with van der Waals surface area (Å²) < 4.78 is 210. The minimum absolute atomic E-state index is 0. The van der Waals surface area contributed by atoms with Gasteiger partial charge in [0.25, 0.3) is 11.1 Å². The Bertz CT molecular complexity index is 3290. The second-order valence-corrected chi connectivity index (χ2v) is 16.4. The van der Waals surface area contributed by atoms with Gasteiger partial charge in [-0.3, -0.25) is 9.59 Å². The number of carbonyl (C=O) groups excluding carboxylic acids is 4. The van der Waals surface area contributed by atoms with Gasteiger partial charge in [0.15, 0.2) is 23.1 Å². The van der Waals surface area contributed by atoms with Gasteiger partial charge >= 0.3 is 37.0 Å². The first-order valence-electron chi connectivity index (χ1n) is 21.6. The monoisotopic (exact) mass is 1170 g/mol. The van der Waals surface area contributed by atoms with E-state index in [9.17, 15) is 80.6 Å². The molecule has 6 rings (SSSR count). The maximum atomic E-state index is 14.5. The minimum atomic E-state index is -5.18. The van der Waals surface area contributed by atoms with Gasteiger partial charge in [-0.25, -0.2) is 28.3 Å². The number of nitrogens with two attached hydrogens (primary N) is 1. The number of nitrogens with one attached hydrogen (secondary N) is 1. The van der Waals surface area contributed by atoms with Crippen LogP contribution in [0.2, 0.25) is 0 Å². The molecule has 0 atom stereocenters. The highest BCUT2D eigenvalue weighted by atomic mass is 35.5. The van der Waals surface area contributed by atoms with Crippen molar-refractivity contribution in [3.8, 4) is 34.5 Å². The van der Waals surface area contributed by atoms with Crippen molar-refractivity contribution < 1.29 is 109 Å². The number of nitrogen functional groups attached to an aromatic ring is 1. The van der Waals surface area contributed by atoms with Crippen LogP contribution in [0.1, 0.15) is 93.6 Å². The van der Waals surface area contributed by atoms with E-state index in [1.807, 2.05) is 6.92 Å². The topological polar surface area (TPSA) is 187 Å². The van der Waals surface area contributed by atoms with Gasteiger partial charge in [-0.05, 0) is 136 Å². The molecule has 432 valence electrons. The lowest BCUT2D eigenvalue weighted by Crippen LogP contribution is -2.19. The predicted molar refractivity (Wildman–Crippen MR) is 258 cm³/mol. The van der Waals surface area contributed by atoms with Crippen LogP contribution >= 0.6 is 11.6 Å². The van der Waals surface area contributed by atoms with Crippen molar-refractivity contribution >= 4 is 46.1 Å². The second kappa shape index (κ2) is 26.0. The molecule has 0 saturated carbocycles. The molecule has 14 nitrogen and oxygen atoms in total. The SMILES string of the molecule is C.COC(=O)c1cc(N)c(C)cn1.COC(=O)c1cc(NC(=O)c2c(Oc3ccc(OC(F)(F)F)c(F)c3C)ccc(C(F)(F)F)c2C)c(C)cn1.Cc1c(Oc2ccc(C(F)(F)F)c(C)c2C(=O)Cl)ccc(OC(F)(F)F)c1F. The van der Waals surface area contributed by atoms with Crippen LogP contribution in [0.4, 0.5) is 72.8 Å². The Morgan fingerprint density at radius 2 is 0.887 bits per heavy atom. The number of anilines is 2. The van der Waals surface area contributed by atoms with Crippen molar-refractivity contribution in [3.05, 3.63) is 152 Å². The summed E-state index contributed by atoms with van der Waals surface area (Å²) in [7, 11) is 2.41. The molecule has 1 amide bonds. The van der Waals surface area contributed by atoms with Gasteiger partial charge in [-0.1, -0.05) is 7.43 Å². The maximum Gasteiger partial charge on any atom is 0.573 e. The number of hydrogen-bond donors (Lipinski definition) is 2. The number of aryl methyl sites for hydroxylation is 2. The molecule has 2 aromatic heterocycles. The summed E-state index contributed by atoms with van der Waals surface area (Å²) in [4.78, 5) is 55.4. The van der Waals surface area contributed by atoms with E-state index in [0.29, 0.717) is 35.5 Å². The first-order chi connectivity index (χ1) is 36.4. The fraction of sp³-hybridized carbons (Fsp3) is 0.255. The Labute approximate surface area is 449 Å². The van der Waals surface area contributed by atoms with Gasteiger partial charge in [0.05, 0.1) is 36.5 Å². The smallest absolute Gasteiger partial charge is 0.464 e. The summed E-state index contributed by atoms with van der Waals surface area (Å²) in [6.07, 6.45) is -17.2. The van der Waals surface area contributed by atoms with Crippen LogP contribution in [0.15, 0.2) is 73.1 Å². The zero-order valence-electron chi connectivity index (χ0n) is 41.7. The van der Waals surface area contributed by atoms with Gasteiger partial charge in [0.1, 0.15) is 34.4 Å². The number of rotatable bonds is 11. The first kappa shape index (κ1) is 65.9. The molecule has 0 unspecified atom stereocenters. The van der Waals surface area contributed by atoms with Gasteiger partial charge in [-0.15, -0.1) is 26.3 Å². The third-order valence-corrected chi connectivity index (χ3v) is 10.9. The van der Waals surface area contributed by atoms with Gasteiger partial charge in [-0.2, -0.15) is 26.3 Å². The number of ether oxygens (including phenoxy) is 6. The average molecular weight is 1170 g/mol. The van der Waals surface area contributed by atoms with Crippen LogP contribution in [0, 0.1) is 53.2 Å². The standard InChI is InChI=1S/C25H19F7N2O5.C17H10ClF7O3.C8H10N2O2.CH4/c1-11-10-33-16(23(36)37-4)9-15(11)34-22(35)20-12(2)14(24(27,28)29)5-6-18(20)38-17-7-8-19(21(26)13(17)3)39-25(30,31)32;1-7-9(16(20,21)22)3-4-11(13(7)15(18)26)27-10-5-6-12(14(19)8(10)2)28-17(23,24)25;1-5-4-10-7(3-6(5)9)8(11)12-2;/h5-10H,1-4H3,(H,33,34,35);3-6H,1-2H3;3-4H,1-2H3,(H2,9,10);1H4. The molecule has 80 heavy (non-hydrogen) atoms. The molecule has 6 aromatic rings. The Morgan fingerprint density at radius 1 is 0.525 bits per heavy atom. The minimum Gasteiger partial charge on any atom is -0.464 e. The number of amides is 1. The zero-order valence-corrected chi connectivity index (χ0v) is 42.4.